The summed E-state index contributed by atoms with van der Waals surface area (Å²) < 4.78 is 49.2. The number of para-hydroxylation sites is 1. The molecule has 0 aliphatic rings. The third-order valence-electron chi connectivity index (χ3n) is 3.20. The van der Waals surface area contributed by atoms with Gasteiger partial charge in [-0.15, -0.1) is 0 Å². The molecule has 0 aliphatic heterocycles. The highest BCUT2D eigenvalue weighted by atomic mass is 19.2. The highest BCUT2D eigenvalue weighted by Crippen LogP contribution is 2.20. The Hall–Kier alpha value is -3.03. The molecule has 8 heteroatoms. The predicted molar refractivity (Wildman–Crippen MR) is 82.6 cm³/mol. The van der Waals surface area contributed by atoms with E-state index in [1.54, 1.807) is 24.3 Å². The first kappa shape index (κ1) is 18.3. The molecule has 0 spiro atoms. The molecule has 2 aromatic carbocycles. The Morgan fingerprint density at radius 3 is 2.48 bits per heavy atom. The molecule has 5 nitrogen and oxygen atoms in total. The summed E-state index contributed by atoms with van der Waals surface area (Å²) in [4.78, 5) is 23.4. The fourth-order valence-electron chi connectivity index (χ4n) is 2.01. The van der Waals surface area contributed by atoms with Crippen molar-refractivity contribution in [3.8, 4) is 5.75 Å². The molecule has 0 bridgehead atoms. The zero-order valence-corrected chi connectivity index (χ0v) is 13.1. The molecule has 0 saturated heterocycles. The van der Waals surface area contributed by atoms with E-state index >= 15 is 0 Å². The van der Waals surface area contributed by atoms with Crippen molar-refractivity contribution in [2.24, 2.45) is 0 Å². The molecule has 25 heavy (non-hydrogen) atoms. The number of ether oxygens (including phenoxy) is 2. The Balaban J connectivity index is 1.90. The van der Waals surface area contributed by atoms with Crippen molar-refractivity contribution in [2.45, 2.75) is 6.42 Å². The predicted octanol–water partition coefficient (Wildman–Crippen LogP) is 2.84. The lowest BCUT2D eigenvalue weighted by atomic mass is 10.1. The van der Waals surface area contributed by atoms with Gasteiger partial charge in [-0.1, -0.05) is 18.2 Å². The number of benzene rings is 2. The van der Waals surface area contributed by atoms with Crippen LogP contribution in [0.2, 0.25) is 0 Å². The molecule has 0 saturated carbocycles. The zero-order valence-electron chi connectivity index (χ0n) is 13.1. The van der Waals surface area contributed by atoms with Crippen LogP contribution in [0.1, 0.15) is 5.56 Å². The van der Waals surface area contributed by atoms with Crippen LogP contribution in [0.15, 0.2) is 36.4 Å². The van der Waals surface area contributed by atoms with Gasteiger partial charge >= 0.3 is 5.97 Å². The van der Waals surface area contributed by atoms with Crippen molar-refractivity contribution in [1.29, 1.82) is 0 Å². The van der Waals surface area contributed by atoms with E-state index in [9.17, 15) is 22.8 Å². The molecule has 0 radical (unpaired) electrons. The van der Waals surface area contributed by atoms with Gasteiger partial charge in [0.1, 0.15) is 5.75 Å². The van der Waals surface area contributed by atoms with Crippen molar-refractivity contribution < 1.29 is 32.2 Å². The fraction of sp³-hybridized carbons (Fsp3) is 0.176. The van der Waals surface area contributed by atoms with Gasteiger partial charge < -0.3 is 14.8 Å². The third-order valence-corrected chi connectivity index (χ3v) is 3.20. The highest BCUT2D eigenvalue weighted by Gasteiger charge is 2.16. The summed E-state index contributed by atoms with van der Waals surface area (Å²) in [6, 6.07) is 8.31. The van der Waals surface area contributed by atoms with Gasteiger partial charge in [-0.05, 0) is 18.2 Å². The quantitative estimate of drug-likeness (QED) is 0.641. The van der Waals surface area contributed by atoms with Crippen molar-refractivity contribution in [3.05, 3.63) is 59.4 Å². The van der Waals surface area contributed by atoms with Crippen LogP contribution in [0.25, 0.3) is 0 Å². The van der Waals surface area contributed by atoms with Gasteiger partial charge in [0.05, 0.1) is 19.2 Å². The van der Waals surface area contributed by atoms with Gasteiger partial charge in [-0.25, -0.2) is 13.2 Å². The minimum Gasteiger partial charge on any atom is -0.496 e. The van der Waals surface area contributed by atoms with E-state index in [0.717, 1.165) is 6.07 Å². The number of hydrogen-bond donors (Lipinski definition) is 1. The average molecular weight is 353 g/mol. The first-order valence-electron chi connectivity index (χ1n) is 7.13. The van der Waals surface area contributed by atoms with Crippen LogP contribution in [-0.4, -0.2) is 25.6 Å². The highest BCUT2D eigenvalue weighted by molar-refractivity contribution is 5.93. The number of nitrogens with one attached hydrogen (secondary N) is 1. The first-order chi connectivity index (χ1) is 11.9. The van der Waals surface area contributed by atoms with Crippen molar-refractivity contribution in [1.82, 2.24) is 0 Å². The van der Waals surface area contributed by atoms with E-state index < -0.39 is 41.6 Å². The lowest BCUT2D eigenvalue weighted by Gasteiger charge is -2.09. The Kier molecular flexibility index (Phi) is 5.99. The molecule has 132 valence electrons. The SMILES string of the molecule is COc1ccccc1CC(=O)OCC(=O)Nc1ccc(F)c(F)c1F. The first-order valence-corrected chi connectivity index (χ1v) is 7.13. The summed E-state index contributed by atoms with van der Waals surface area (Å²) in [6.45, 7) is -0.702. The van der Waals surface area contributed by atoms with Crippen LogP contribution < -0.4 is 10.1 Å². The molecule has 1 amide bonds. The maximum absolute atomic E-state index is 13.4. The summed E-state index contributed by atoms with van der Waals surface area (Å²) in [7, 11) is 1.45. The monoisotopic (exact) mass is 353 g/mol. The standard InChI is InChI=1S/C17H14F3NO4/c1-24-13-5-3-2-4-10(13)8-15(23)25-9-14(22)21-12-7-6-11(18)16(19)17(12)20/h2-7H,8-9H2,1H3,(H,21,22). The number of carbonyl (C=O) groups is 2. The summed E-state index contributed by atoms with van der Waals surface area (Å²) in [5, 5.41) is 2.00. The van der Waals surface area contributed by atoms with Crippen molar-refractivity contribution in [2.75, 3.05) is 19.0 Å². The van der Waals surface area contributed by atoms with Crippen LogP contribution in [0.3, 0.4) is 0 Å². The smallest absolute Gasteiger partial charge is 0.310 e. The molecular weight excluding hydrogens is 339 g/mol. The third kappa shape index (κ3) is 4.72. The lowest BCUT2D eigenvalue weighted by Crippen LogP contribution is -2.22. The Labute approximate surface area is 141 Å². The van der Waals surface area contributed by atoms with Gasteiger partial charge in [0.15, 0.2) is 24.1 Å². The summed E-state index contributed by atoms with van der Waals surface area (Å²) >= 11 is 0. The number of methoxy groups -OCH3 is 1. The molecule has 0 aromatic heterocycles. The fourth-order valence-corrected chi connectivity index (χ4v) is 2.01. The zero-order chi connectivity index (χ0) is 18.4. The van der Waals surface area contributed by atoms with Crippen molar-refractivity contribution >= 4 is 17.6 Å². The number of rotatable bonds is 6. The topological polar surface area (TPSA) is 64.6 Å². The Bertz CT molecular complexity index is 795. The molecule has 0 aliphatic carbocycles. The van der Waals surface area contributed by atoms with Gasteiger partial charge in [0, 0.05) is 5.56 Å². The van der Waals surface area contributed by atoms with E-state index in [0.29, 0.717) is 17.4 Å². The van der Waals surface area contributed by atoms with Crippen LogP contribution in [0.5, 0.6) is 5.75 Å². The van der Waals surface area contributed by atoms with Crippen LogP contribution in [0.4, 0.5) is 18.9 Å². The Morgan fingerprint density at radius 1 is 1.04 bits per heavy atom. The van der Waals surface area contributed by atoms with Gasteiger partial charge in [0.2, 0.25) is 0 Å². The maximum atomic E-state index is 13.4. The maximum Gasteiger partial charge on any atom is 0.310 e. The molecule has 2 rings (SSSR count). The second kappa shape index (κ2) is 8.18. The van der Waals surface area contributed by atoms with Gasteiger partial charge in [0.25, 0.3) is 5.91 Å². The lowest BCUT2D eigenvalue weighted by molar-refractivity contribution is -0.146. The number of hydrogen-bond acceptors (Lipinski definition) is 4. The molecule has 1 N–H and O–H groups in total. The summed E-state index contributed by atoms with van der Waals surface area (Å²) in [5.74, 6) is -5.71. The molecule has 2 aromatic rings. The van der Waals surface area contributed by atoms with E-state index in [1.165, 1.54) is 7.11 Å². The molecule has 0 unspecified atom stereocenters. The number of amides is 1. The van der Waals surface area contributed by atoms with Crippen molar-refractivity contribution in [3.63, 3.8) is 0 Å². The largest absolute Gasteiger partial charge is 0.496 e. The average Bonchev–Trinajstić information content (AvgIpc) is 2.61. The number of carbonyl (C=O) groups excluding carboxylic acids is 2. The second-order valence-corrected chi connectivity index (χ2v) is 4.92. The number of halogens is 3. The summed E-state index contributed by atoms with van der Waals surface area (Å²) in [6.07, 6.45) is -0.128. The van der Waals surface area contributed by atoms with E-state index in [1.807, 2.05) is 5.32 Å². The summed E-state index contributed by atoms with van der Waals surface area (Å²) in [5.41, 5.74) is 0.0201. The van der Waals surface area contributed by atoms with Gasteiger partial charge in [-0.3, -0.25) is 9.59 Å². The van der Waals surface area contributed by atoms with Gasteiger partial charge in [-0.2, -0.15) is 0 Å². The van der Waals surface area contributed by atoms with E-state index in [-0.39, 0.29) is 6.42 Å². The number of esters is 1. The minimum absolute atomic E-state index is 0.128. The van der Waals surface area contributed by atoms with Crippen LogP contribution in [-0.2, 0) is 20.7 Å². The minimum atomic E-state index is -1.70. The van der Waals surface area contributed by atoms with E-state index in [2.05, 4.69) is 0 Å². The Morgan fingerprint density at radius 2 is 1.76 bits per heavy atom. The molecule has 0 atom stereocenters. The van der Waals surface area contributed by atoms with E-state index in [4.69, 9.17) is 9.47 Å². The number of anilines is 1. The van der Waals surface area contributed by atoms with Crippen LogP contribution in [0, 0.1) is 17.5 Å². The normalized spacial score (nSPS) is 10.2. The molecule has 0 heterocycles. The van der Waals surface area contributed by atoms with Crippen LogP contribution >= 0.6 is 0 Å². The molecular formula is C17H14F3NO4. The molecule has 0 fully saturated rings. The second-order valence-electron chi connectivity index (χ2n) is 4.92.